The van der Waals surface area contributed by atoms with Gasteiger partial charge in [-0.2, -0.15) is 21.1 Å². The second-order valence-corrected chi connectivity index (χ2v) is 14.8. The zero-order valence-electron chi connectivity index (χ0n) is 26.3. The average molecular weight is 738 g/mol. The molecule has 0 aliphatic rings. The van der Waals surface area contributed by atoms with Crippen LogP contribution in [0.2, 0.25) is 0 Å². The van der Waals surface area contributed by atoms with Gasteiger partial charge in [0.2, 0.25) is 10.0 Å². The topological polar surface area (TPSA) is 269 Å². The van der Waals surface area contributed by atoms with E-state index >= 15 is 0 Å². The summed E-state index contributed by atoms with van der Waals surface area (Å²) in [5, 5.41) is 10.2. The minimum atomic E-state index is -5.13. The highest BCUT2D eigenvalue weighted by Gasteiger charge is 2.26. The Morgan fingerprint density at radius 2 is 1.41 bits per heavy atom. The number of rotatable bonds is 14. The van der Waals surface area contributed by atoms with Crippen LogP contribution in [0.3, 0.4) is 0 Å². The van der Waals surface area contributed by atoms with Gasteiger partial charge in [0.15, 0.2) is 0 Å². The lowest BCUT2D eigenvalue weighted by atomic mass is 10.1. The van der Waals surface area contributed by atoms with E-state index in [9.17, 15) is 39.3 Å². The van der Waals surface area contributed by atoms with Crippen LogP contribution in [0, 0.1) is 4.91 Å². The summed E-state index contributed by atoms with van der Waals surface area (Å²) in [5.74, 6) is 0.244. The van der Waals surface area contributed by atoms with Crippen molar-refractivity contribution in [3.8, 4) is 11.5 Å². The van der Waals surface area contributed by atoms with Gasteiger partial charge in [0.05, 0.1) is 35.4 Å². The summed E-state index contributed by atoms with van der Waals surface area (Å²) in [6.07, 6.45) is 0. The summed E-state index contributed by atoms with van der Waals surface area (Å²) in [7, 11) is -10.9. The number of nitrogens with one attached hydrogen (secondary N) is 2. The van der Waals surface area contributed by atoms with Crippen molar-refractivity contribution in [3.63, 3.8) is 0 Å². The molecule has 0 aromatic heterocycles. The van der Waals surface area contributed by atoms with Crippen LogP contribution in [0.5, 0.6) is 11.5 Å². The van der Waals surface area contributed by atoms with Gasteiger partial charge in [0, 0.05) is 36.3 Å². The van der Waals surface area contributed by atoms with Crippen LogP contribution in [-0.4, -0.2) is 66.0 Å². The molecule has 6 N–H and O–H groups in total. The van der Waals surface area contributed by atoms with Gasteiger partial charge in [-0.3, -0.25) is 14.5 Å². The first-order valence-corrected chi connectivity index (χ1v) is 18.3. The van der Waals surface area contributed by atoms with E-state index in [0.717, 1.165) is 18.2 Å². The van der Waals surface area contributed by atoms with Gasteiger partial charge in [-0.15, -0.1) is 15.1 Å². The van der Waals surface area contributed by atoms with E-state index in [4.69, 9.17) is 15.2 Å². The molecule has 0 bridgehead atoms. The van der Waals surface area contributed by atoms with E-state index in [1.54, 1.807) is 26.0 Å². The standard InChI is InChI=1S/C28H31N7O11S3/c1-5-35(6-2)47(37,38)18-9-7-17(8-10-18)30-31-21-14-24(46-4)22(15-23(21)45-3)32-33-27-25(49(42,43)44)12-16-11-19(48(39,40)41)13-20(29)26(16)28(27)34-36/h7-15,30-31H,5-6,29H2,1-4H3,(H,39,40,41)(H,42,43,44)/b33-32+. The van der Waals surface area contributed by atoms with Crippen molar-refractivity contribution in [1.82, 2.24) is 4.31 Å². The SMILES string of the molecule is CCN(CC)S(=O)(=O)c1ccc(NNc2cc(OC)c(/N=N/c3c(S(=O)(=O)O)cc4cc(S(=O)(=O)O)cc(N)c4c3N=O)cc2OC)cc1. The third kappa shape index (κ3) is 7.71. The normalized spacial score (nSPS) is 12.4. The fourth-order valence-electron chi connectivity index (χ4n) is 4.75. The molecule has 0 atom stereocenters. The third-order valence-corrected chi connectivity index (χ3v) is 10.9. The number of anilines is 3. The molecule has 0 radical (unpaired) electrons. The van der Waals surface area contributed by atoms with Gasteiger partial charge in [-0.25, -0.2) is 8.42 Å². The number of methoxy groups -OCH3 is 2. The van der Waals surface area contributed by atoms with Gasteiger partial charge < -0.3 is 20.6 Å². The Morgan fingerprint density at radius 1 is 0.776 bits per heavy atom. The Kier molecular flexibility index (Phi) is 10.8. The fourth-order valence-corrected chi connectivity index (χ4v) is 7.41. The number of hydrogen-bond acceptors (Lipinski definition) is 15. The van der Waals surface area contributed by atoms with Crippen LogP contribution in [0.15, 0.2) is 84.7 Å². The minimum absolute atomic E-state index is 0.0382. The molecule has 0 aliphatic carbocycles. The summed E-state index contributed by atoms with van der Waals surface area (Å²) in [4.78, 5) is 10.5. The largest absolute Gasteiger partial charge is 0.494 e. The maximum atomic E-state index is 12.8. The van der Waals surface area contributed by atoms with Crippen LogP contribution >= 0.6 is 0 Å². The molecule has 21 heteroatoms. The third-order valence-electron chi connectivity index (χ3n) is 7.12. The maximum absolute atomic E-state index is 12.8. The minimum Gasteiger partial charge on any atom is -0.494 e. The molecule has 49 heavy (non-hydrogen) atoms. The van der Waals surface area contributed by atoms with E-state index in [1.807, 2.05) is 0 Å². The Balaban J connectivity index is 1.73. The molecular weight excluding hydrogens is 707 g/mol. The van der Waals surface area contributed by atoms with Gasteiger partial charge in [0.25, 0.3) is 20.2 Å². The zero-order chi connectivity index (χ0) is 36.3. The van der Waals surface area contributed by atoms with Crippen LogP contribution in [0.25, 0.3) is 10.8 Å². The molecule has 4 aromatic carbocycles. The van der Waals surface area contributed by atoms with Crippen molar-refractivity contribution in [2.24, 2.45) is 15.4 Å². The number of ether oxygens (including phenoxy) is 2. The lowest BCUT2D eigenvalue weighted by Crippen LogP contribution is -2.30. The average Bonchev–Trinajstić information content (AvgIpc) is 3.05. The smallest absolute Gasteiger partial charge is 0.296 e. The molecule has 0 saturated carbocycles. The molecule has 4 aromatic rings. The monoisotopic (exact) mass is 737 g/mol. The number of hydrogen-bond donors (Lipinski definition) is 5. The lowest BCUT2D eigenvalue weighted by Gasteiger charge is -2.19. The summed E-state index contributed by atoms with van der Waals surface area (Å²) in [5.41, 5.74) is 10.8. The molecule has 262 valence electrons. The number of nitroso groups, excluding NO2 is 1. The van der Waals surface area contributed by atoms with E-state index in [-0.39, 0.29) is 38.5 Å². The predicted molar refractivity (Wildman–Crippen MR) is 181 cm³/mol. The van der Waals surface area contributed by atoms with Crippen LogP contribution < -0.4 is 26.1 Å². The van der Waals surface area contributed by atoms with Crippen molar-refractivity contribution in [2.75, 3.05) is 43.9 Å². The number of nitrogens with zero attached hydrogens (tertiary/aromatic N) is 4. The first-order valence-electron chi connectivity index (χ1n) is 14.0. The summed E-state index contributed by atoms with van der Waals surface area (Å²) in [6, 6.07) is 11.3. The second-order valence-electron chi connectivity index (χ2n) is 10.0. The van der Waals surface area contributed by atoms with Crippen molar-refractivity contribution < 1.29 is 43.8 Å². The second kappa shape index (κ2) is 14.3. The molecule has 0 spiro atoms. The summed E-state index contributed by atoms with van der Waals surface area (Å²) in [6.45, 7) is 4.15. The first kappa shape index (κ1) is 36.9. The van der Waals surface area contributed by atoms with Crippen molar-refractivity contribution in [3.05, 3.63) is 59.5 Å². The molecule has 4 rings (SSSR count). The van der Waals surface area contributed by atoms with Crippen molar-refractivity contribution >= 4 is 75.2 Å². The molecule has 0 saturated heterocycles. The highest BCUT2D eigenvalue weighted by atomic mass is 32.2. The Labute approximate surface area is 281 Å². The Morgan fingerprint density at radius 3 is 1.94 bits per heavy atom. The number of sulfonamides is 1. The Hall–Kier alpha value is -4.93. The Bertz CT molecular complexity index is 2280. The first-order chi connectivity index (χ1) is 23.0. The van der Waals surface area contributed by atoms with Crippen molar-refractivity contribution in [1.29, 1.82) is 0 Å². The molecule has 18 nitrogen and oxygen atoms in total. The molecule has 0 amide bonds. The fraction of sp³-hybridized carbons (Fsp3) is 0.214. The van der Waals surface area contributed by atoms with Crippen LogP contribution in [-0.2, 0) is 30.3 Å². The summed E-state index contributed by atoms with van der Waals surface area (Å²) >= 11 is 0. The van der Waals surface area contributed by atoms with Crippen LogP contribution in [0.1, 0.15) is 13.8 Å². The van der Waals surface area contributed by atoms with Gasteiger partial charge in [-0.1, -0.05) is 13.8 Å². The molecule has 0 aliphatic heterocycles. The number of fused-ring (bicyclic) bond motifs is 1. The van der Waals surface area contributed by atoms with Gasteiger partial charge >= 0.3 is 0 Å². The predicted octanol–water partition coefficient (Wildman–Crippen LogP) is 5.22. The number of azo groups is 1. The molecular formula is C28H31N7O11S3. The van der Waals surface area contributed by atoms with Gasteiger partial charge in [-0.05, 0) is 53.0 Å². The number of benzene rings is 4. The molecule has 0 unspecified atom stereocenters. The van der Waals surface area contributed by atoms with E-state index in [0.29, 0.717) is 24.5 Å². The van der Waals surface area contributed by atoms with E-state index < -0.39 is 51.4 Å². The van der Waals surface area contributed by atoms with Gasteiger partial charge in [0.1, 0.15) is 33.5 Å². The maximum Gasteiger partial charge on any atom is 0.296 e. The molecule has 0 heterocycles. The zero-order valence-corrected chi connectivity index (χ0v) is 28.7. The van der Waals surface area contributed by atoms with Crippen LogP contribution in [0.4, 0.5) is 34.1 Å². The highest BCUT2D eigenvalue weighted by Crippen LogP contribution is 2.46. The number of nitrogen functional groups attached to an aromatic ring is 1. The number of nitrogens with two attached hydrogens (primary N) is 1. The quantitative estimate of drug-likeness (QED) is 0.0365. The van der Waals surface area contributed by atoms with E-state index in [1.165, 1.54) is 42.8 Å². The lowest BCUT2D eigenvalue weighted by molar-refractivity contribution is 0.405. The van der Waals surface area contributed by atoms with Crippen molar-refractivity contribution in [2.45, 2.75) is 28.5 Å². The van der Waals surface area contributed by atoms with E-state index in [2.05, 4.69) is 26.3 Å². The molecule has 0 fully saturated rings. The highest BCUT2D eigenvalue weighted by molar-refractivity contribution is 7.89. The number of hydrazine groups is 1. The summed E-state index contributed by atoms with van der Waals surface area (Å²) < 4.78 is 105.